The summed E-state index contributed by atoms with van der Waals surface area (Å²) in [7, 11) is 0. The Hall–Kier alpha value is -2.70. The quantitative estimate of drug-likeness (QED) is 0.493. The van der Waals surface area contributed by atoms with E-state index in [1.807, 2.05) is 27.0 Å². The fourth-order valence-electron chi connectivity index (χ4n) is 3.69. The smallest absolute Gasteiger partial charge is 0.406 e. The van der Waals surface area contributed by atoms with Crippen LogP contribution < -0.4 is 4.74 Å². The highest BCUT2D eigenvalue weighted by atomic mass is 32.1. The molecule has 4 rings (SSSR count). The molecule has 0 atom stereocenters. The number of thiophene rings is 1. The van der Waals surface area contributed by atoms with Crippen molar-refractivity contribution in [3.05, 3.63) is 52.1 Å². The van der Waals surface area contributed by atoms with E-state index < -0.39 is 6.36 Å². The molecule has 0 aliphatic carbocycles. The number of ether oxygens (including phenoxy) is 1. The van der Waals surface area contributed by atoms with Crippen molar-refractivity contribution in [3.63, 3.8) is 0 Å². The summed E-state index contributed by atoms with van der Waals surface area (Å²) < 4.78 is 43.1. The van der Waals surface area contributed by atoms with Crippen LogP contribution in [0.25, 0.3) is 10.7 Å². The number of carbonyl (C=O) groups excluding carboxylic acids is 1. The minimum Gasteiger partial charge on any atom is -0.406 e. The maximum absolute atomic E-state index is 12.7. The third-order valence-corrected chi connectivity index (χ3v) is 6.51. The Morgan fingerprint density at radius 3 is 2.52 bits per heavy atom. The highest BCUT2D eigenvalue weighted by molar-refractivity contribution is 7.71. The van der Waals surface area contributed by atoms with Crippen LogP contribution in [-0.4, -0.2) is 63.0 Å². The summed E-state index contributed by atoms with van der Waals surface area (Å²) in [5.74, 6) is 0.560. The lowest BCUT2D eigenvalue weighted by Crippen LogP contribution is -2.48. The SMILES string of the molecule is O=C(CCn1c(-c2cccs2)n[nH]c1=S)N1CCN(Cc2ccc(OC(F)(F)F)cc2)CC1. The molecule has 1 aromatic carbocycles. The molecule has 12 heteroatoms. The number of H-pyrrole nitrogens is 1. The molecule has 0 bridgehead atoms. The summed E-state index contributed by atoms with van der Waals surface area (Å²) in [6.07, 6.45) is -4.37. The van der Waals surface area contributed by atoms with Gasteiger partial charge < -0.3 is 9.64 Å². The number of carbonyl (C=O) groups is 1. The van der Waals surface area contributed by atoms with Crippen molar-refractivity contribution in [1.82, 2.24) is 24.6 Å². The molecule has 0 spiro atoms. The monoisotopic (exact) mass is 497 g/mol. The van der Waals surface area contributed by atoms with Crippen molar-refractivity contribution in [3.8, 4) is 16.5 Å². The number of amides is 1. The number of aromatic nitrogens is 3. The molecular weight excluding hydrogens is 475 g/mol. The summed E-state index contributed by atoms with van der Waals surface area (Å²) in [4.78, 5) is 17.7. The van der Waals surface area contributed by atoms with Crippen LogP contribution in [-0.2, 0) is 17.9 Å². The van der Waals surface area contributed by atoms with Crippen LogP contribution in [0.3, 0.4) is 0 Å². The van der Waals surface area contributed by atoms with E-state index in [0.29, 0.717) is 50.5 Å². The van der Waals surface area contributed by atoms with E-state index >= 15 is 0 Å². The van der Waals surface area contributed by atoms with Crippen LogP contribution in [0, 0.1) is 4.77 Å². The number of hydrogen-bond donors (Lipinski definition) is 1. The van der Waals surface area contributed by atoms with E-state index in [9.17, 15) is 18.0 Å². The highest BCUT2D eigenvalue weighted by Crippen LogP contribution is 2.24. The van der Waals surface area contributed by atoms with Crippen molar-refractivity contribution in [1.29, 1.82) is 0 Å². The van der Waals surface area contributed by atoms with Gasteiger partial charge in [0.1, 0.15) is 5.75 Å². The maximum Gasteiger partial charge on any atom is 0.573 e. The number of alkyl halides is 3. The first kappa shape index (κ1) is 23.5. The molecule has 3 aromatic rings. The number of nitrogens with one attached hydrogen (secondary N) is 1. The molecular formula is C21H22F3N5O2S2. The lowest BCUT2D eigenvalue weighted by atomic mass is 10.2. The van der Waals surface area contributed by atoms with E-state index in [1.54, 1.807) is 23.5 Å². The van der Waals surface area contributed by atoms with Gasteiger partial charge in [-0.1, -0.05) is 18.2 Å². The number of nitrogens with zero attached hydrogens (tertiary/aromatic N) is 4. The van der Waals surface area contributed by atoms with Gasteiger partial charge in [0.2, 0.25) is 5.91 Å². The number of aromatic amines is 1. The zero-order chi connectivity index (χ0) is 23.4. The molecule has 33 heavy (non-hydrogen) atoms. The second-order valence-electron chi connectivity index (χ2n) is 7.58. The number of benzene rings is 1. The van der Waals surface area contributed by atoms with E-state index in [2.05, 4.69) is 19.8 Å². The van der Waals surface area contributed by atoms with E-state index in [-0.39, 0.29) is 11.7 Å². The summed E-state index contributed by atoms with van der Waals surface area (Å²) in [5.41, 5.74) is 0.889. The number of hydrogen-bond acceptors (Lipinski definition) is 6. The second-order valence-corrected chi connectivity index (χ2v) is 8.91. The van der Waals surface area contributed by atoms with Gasteiger partial charge in [0.25, 0.3) is 0 Å². The second kappa shape index (κ2) is 10.1. The van der Waals surface area contributed by atoms with Crippen molar-refractivity contribution >= 4 is 29.5 Å². The topological polar surface area (TPSA) is 66.4 Å². The van der Waals surface area contributed by atoms with Gasteiger partial charge >= 0.3 is 6.36 Å². The molecule has 1 saturated heterocycles. The maximum atomic E-state index is 12.7. The Labute approximate surface area is 197 Å². The van der Waals surface area contributed by atoms with Gasteiger partial charge in [-0.3, -0.25) is 19.4 Å². The van der Waals surface area contributed by atoms with Gasteiger partial charge in [-0.05, 0) is 41.4 Å². The zero-order valence-corrected chi connectivity index (χ0v) is 19.2. The van der Waals surface area contributed by atoms with E-state index in [1.165, 1.54) is 12.1 Å². The summed E-state index contributed by atoms with van der Waals surface area (Å²) in [5, 5.41) is 9.05. The Morgan fingerprint density at radius 2 is 1.88 bits per heavy atom. The van der Waals surface area contributed by atoms with Gasteiger partial charge in [0.15, 0.2) is 10.6 Å². The minimum absolute atomic E-state index is 0.0588. The predicted molar refractivity (Wildman–Crippen MR) is 120 cm³/mol. The summed E-state index contributed by atoms with van der Waals surface area (Å²) in [6.45, 7) is 3.64. The Bertz CT molecular complexity index is 1120. The molecule has 1 N–H and O–H groups in total. The summed E-state index contributed by atoms with van der Waals surface area (Å²) in [6, 6.07) is 9.78. The molecule has 0 radical (unpaired) electrons. The zero-order valence-electron chi connectivity index (χ0n) is 17.5. The van der Waals surface area contributed by atoms with Crippen LogP contribution in [0.1, 0.15) is 12.0 Å². The van der Waals surface area contributed by atoms with Gasteiger partial charge in [-0.25, -0.2) is 0 Å². The molecule has 1 aliphatic heterocycles. The lowest BCUT2D eigenvalue weighted by molar-refractivity contribution is -0.274. The molecule has 7 nitrogen and oxygen atoms in total. The van der Waals surface area contributed by atoms with Crippen LogP contribution in [0.2, 0.25) is 0 Å². The standard InChI is InChI=1S/C21H22F3N5O2S2/c22-21(23,24)31-16-5-3-15(4-6-16)14-27-9-11-28(12-10-27)18(30)7-8-29-19(25-26-20(29)32)17-2-1-13-33-17/h1-6,13H,7-12,14H2,(H,26,32). The normalized spacial score (nSPS) is 15.1. The van der Waals surface area contributed by atoms with Gasteiger partial charge in [-0.2, -0.15) is 5.10 Å². The number of halogens is 3. The number of rotatable bonds is 7. The molecule has 2 aromatic heterocycles. The average Bonchev–Trinajstić information content (AvgIpc) is 3.43. The van der Waals surface area contributed by atoms with Crippen molar-refractivity contribution in [2.75, 3.05) is 26.2 Å². The van der Waals surface area contributed by atoms with Gasteiger partial charge in [-0.15, -0.1) is 24.5 Å². The van der Waals surface area contributed by atoms with Crippen molar-refractivity contribution < 1.29 is 22.7 Å². The van der Waals surface area contributed by atoms with Crippen LogP contribution in [0.15, 0.2) is 41.8 Å². The largest absolute Gasteiger partial charge is 0.573 e. The Balaban J connectivity index is 1.25. The molecule has 1 amide bonds. The fraction of sp³-hybridized carbons (Fsp3) is 0.381. The fourth-order valence-corrected chi connectivity index (χ4v) is 4.64. The highest BCUT2D eigenvalue weighted by Gasteiger charge is 2.31. The first-order valence-corrected chi connectivity index (χ1v) is 11.6. The van der Waals surface area contributed by atoms with E-state index in [4.69, 9.17) is 12.2 Å². The molecule has 0 saturated carbocycles. The third-order valence-electron chi connectivity index (χ3n) is 5.34. The average molecular weight is 498 g/mol. The first-order valence-electron chi connectivity index (χ1n) is 10.3. The minimum atomic E-state index is -4.70. The third kappa shape index (κ3) is 6.21. The molecule has 1 fully saturated rings. The predicted octanol–water partition coefficient (Wildman–Crippen LogP) is 4.30. The van der Waals surface area contributed by atoms with Crippen LogP contribution >= 0.6 is 23.6 Å². The van der Waals surface area contributed by atoms with Gasteiger partial charge in [0, 0.05) is 45.7 Å². The molecule has 3 heterocycles. The van der Waals surface area contributed by atoms with E-state index in [0.717, 1.165) is 16.3 Å². The molecule has 176 valence electrons. The molecule has 0 unspecified atom stereocenters. The summed E-state index contributed by atoms with van der Waals surface area (Å²) >= 11 is 6.88. The van der Waals surface area contributed by atoms with Crippen molar-refractivity contribution in [2.45, 2.75) is 25.9 Å². The Kier molecular flexibility index (Phi) is 7.15. The van der Waals surface area contributed by atoms with Crippen LogP contribution in [0.4, 0.5) is 13.2 Å². The van der Waals surface area contributed by atoms with Crippen LogP contribution in [0.5, 0.6) is 5.75 Å². The molecule has 1 aliphatic rings. The first-order chi connectivity index (χ1) is 15.8. The Morgan fingerprint density at radius 1 is 1.15 bits per heavy atom. The lowest BCUT2D eigenvalue weighted by Gasteiger charge is -2.35. The van der Waals surface area contributed by atoms with Crippen molar-refractivity contribution in [2.24, 2.45) is 0 Å². The van der Waals surface area contributed by atoms with Gasteiger partial charge in [0.05, 0.1) is 4.88 Å². The number of piperazine rings is 1.